The van der Waals surface area contributed by atoms with Crippen LogP contribution in [-0.2, 0) is 20.1 Å². The Morgan fingerprint density at radius 3 is 3.13 bits per heavy atom. The molecule has 0 saturated carbocycles. The van der Waals surface area contributed by atoms with Crippen molar-refractivity contribution in [3.05, 3.63) is 36.0 Å². The Kier molecular flexibility index (Phi) is 2.50. The first-order valence-corrected chi connectivity index (χ1v) is 4.34. The zero-order valence-corrected chi connectivity index (χ0v) is 10.3. The Balaban J connectivity index is 0.000000853. The van der Waals surface area contributed by atoms with Crippen molar-refractivity contribution in [3.63, 3.8) is 0 Å². The molecule has 0 atom stereocenters. The molecule has 1 aromatic carbocycles. The van der Waals surface area contributed by atoms with Crippen LogP contribution in [-0.4, -0.2) is 20.0 Å². The summed E-state index contributed by atoms with van der Waals surface area (Å²) in [6, 6.07) is 9.05. The zero-order valence-electron chi connectivity index (χ0n) is 7.93. The van der Waals surface area contributed by atoms with E-state index in [1.807, 2.05) is 25.3 Å². The Hall–Kier alpha value is -1.32. The van der Waals surface area contributed by atoms with Gasteiger partial charge in [0.2, 0.25) is 0 Å². The molecule has 3 rings (SSSR count). The number of aromatic nitrogens is 4. The van der Waals surface area contributed by atoms with Crippen LogP contribution in [0.25, 0.3) is 16.4 Å². The minimum Gasteiger partial charge on any atom is -0.241 e. The standard InChI is InChI=1S/C10H7N4.Ir/c1-7-6-14-10(11-12-13-14)9-5-3-2-4-8(7)9;/h2-4,6H,1H3;/q-1;. The van der Waals surface area contributed by atoms with Gasteiger partial charge in [-0.2, -0.15) is 5.10 Å². The Morgan fingerprint density at radius 2 is 2.27 bits per heavy atom. The predicted molar refractivity (Wildman–Crippen MR) is 51.9 cm³/mol. The third-order valence-corrected chi connectivity index (χ3v) is 2.31. The molecule has 15 heavy (non-hydrogen) atoms. The van der Waals surface area contributed by atoms with Gasteiger partial charge in [0.05, 0.1) is 0 Å². The first-order chi connectivity index (χ1) is 6.86. The number of nitrogens with zero attached hydrogens (tertiary/aromatic N) is 4. The van der Waals surface area contributed by atoms with Gasteiger partial charge < -0.3 is 0 Å². The fourth-order valence-corrected chi connectivity index (χ4v) is 1.65. The normalized spacial score (nSPS) is 10.5. The van der Waals surface area contributed by atoms with Crippen LogP contribution in [0, 0.1) is 13.0 Å². The molecule has 0 bridgehead atoms. The van der Waals surface area contributed by atoms with Gasteiger partial charge in [-0.15, -0.1) is 29.7 Å². The average molecular weight is 375 g/mol. The molecule has 2 aromatic heterocycles. The van der Waals surface area contributed by atoms with Crippen molar-refractivity contribution in [2.24, 2.45) is 0 Å². The van der Waals surface area contributed by atoms with Gasteiger partial charge in [0.1, 0.15) is 5.65 Å². The van der Waals surface area contributed by atoms with E-state index >= 15 is 0 Å². The number of rotatable bonds is 0. The van der Waals surface area contributed by atoms with Gasteiger partial charge in [-0.1, -0.05) is 16.2 Å². The van der Waals surface area contributed by atoms with Crippen molar-refractivity contribution < 1.29 is 20.1 Å². The van der Waals surface area contributed by atoms with E-state index in [1.165, 1.54) is 0 Å². The molecule has 0 amide bonds. The zero-order chi connectivity index (χ0) is 9.54. The van der Waals surface area contributed by atoms with E-state index in [0.717, 1.165) is 22.0 Å². The van der Waals surface area contributed by atoms with E-state index in [4.69, 9.17) is 0 Å². The molecule has 77 valence electrons. The number of aryl methyl sites for hydroxylation is 1. The molecule has 0 aliphatic rings. The van der Waals surface area contributed by atoms with Crippen LogP contribution in [0.3, 0.4) is 0 Å². The van der Waals surface area contributed by atoms with Gasteiger partial charge >= 0.3 is 0 Å². The second-order valence-electron chi connectivity index (χ2n) is 3.22. The van der Waals surface area contributed by atoms with Crippen LogP contribution >= 0.6 is 0 Å². The third kappa shape index (κ3) is 1.44. The molecular weight excluding hydrogens is 368 g/mol. The van der Waals surface area contributed by atoms with Gasteiger partial charge in [-0.05, 0) is 12.1 Å². The molecule has 2 heterocycles. The van der Waals surface area contributed by atoms with Crippen molar-refractivity contribution in [1.82, 2.24) is 20.0 Å². The van der Waals surface area contributed by atoms with Crippen LogP contribution in [0.2, 0.25) is 0 Å². The van der Waals surface area contributed by atoms with Crippen LogP contribution in [0.1, 0.15) is 5.56 Å². The van der Waals surface area contributed by atoms with E-state index in [0.29, 0.717) is 0 Å². The number of tetrazole rings is 1. The molecule has 0 spiro atoms. The Labute approximate surface area is 99.6 Å². The summed E-state index contributed by atoms with van der Waals surface area (Å²) in [7, 11) is 0. The monoisotopic (exact) mass is 376 g/mol. The fraction of sp³-hybridized carbons (Fsp3) is 0.100. The fourth-order valence-electron chi connectivity index (χ4n) is 1.65. The smallest absolute Gasteiger partial charge is 0.104 e. The predicted octanol–water partition coefficient (Wildman–Crippen LogP) is 1.38. The van der Waals surface area contributed by atoms with Crippen LogP contribution < -0.4 is 0 Å². The molecule has 1 radical (unpaired) electrons. The van der Waals surface area contributed by atoms with Crippen molar-refractivity contribution in [2.45, 2.75) is 6.92 Å². The van der Waals surface area contributed by atoms with E-state index in [2.05, 4.69) is 27.7 Å². The summed E-state index contributed by atoms with van der Waals surface area (Å²) in [5.41, 5.74) is 1.91. The van der Waals surface area contributed by atoms with Crippen LogP contribution in [0.4, 0.5) is 0 Å². The van der Waals surface area contributed by atoms with Crippen molar-refractivity contribution >= 4 is 16.4 Å². The molecular formula is C10H7IrN4-. The SMILES string of the molecule is Cc1cn2nnnc2c2[c-]cccc12.[Ir]. The second-order valence-corrected chi connectivity index (χ2v) is 3.22. The van der Waals surface area contributed by atoms with E-state index < -0.39 is 0 Å². The molecule has 0 unspecified atom stereocenters. The summed E-state index contributed by atoms with van der Waals surface area (Å²) in [6.07, 6.45) is 1.92. The van der Waals surface area contributed by atoms with Crippen molar-refractivity contribution in [1.29, 1.82) is 0 Å². The van der Waals surface area contributed by atoms with Crippen molar-refractivity contribution in [2.75, 3.05) is 0 Å². The molecule has 0 N–H and O–H groups in total. The van der Waals surface area contributed by atoms with Gasteiger partial charge in [-0.3, -0.25) is 0 Å². The summed E-state index contributed by atoms with van der Waals surface area (Å²) in [6.45, 7) is 2.04. The Bertz CT molecular complexity index is 617. The minimum atomic E-state index is 0. The number of fused-ring (bicyclic) bond motifs is 3. The van der Waals surface area contributed by atoms with Gasteiger partial charge in [0, 0.05) is 26.3 Å². The first-order valence-electron chi connectivity index (χ1n) is 4.34. The number of benzene rings is 1. The van der Waals surface area contributed by atoms with Crippen LogP contribution in [0.15, 0.2) is 24.4 Å². The topological polar surface area (TPSA) is 43.1 Å². The minimum absolute atomic E-state index is 0. The summed E-state index contributed by atoms with van der Waals surface area (Å²) in [5, 5.41) is 13.6. The number of hydrogen-bond donors (Lipinski definition) is 0. The third-order valence-electron chi connectivity index (χ3n) is 2.31. The molecule has 3 aromatic rings. The largest absolute Gasteiger partial charge is 0.241 e. The van der Waals surface area contributed by atoms with Gasteiger partial charge in [0.25, 0.3) is 0 Å². The van der Waals surface area contributed by atoms with Crippen LogP contribution in [0.5, 0.6) is 0 Å². The first kappa shape index (κ1) is 10.2. The van der Waals surface area contributed by atoms with Crippen molar-refractivity contribution in [3.8, 4) is 0 Å². The van der Waals surface area contributed by atoms with E-state index in [9.17, 15) is 0 Å². The van der Waals surface area contributed by atoms with E-state index in [-0.39, 0.29) is 20.1 Å². The second kappa shape index (κ2) is 3.68. The summed E-state index contributed by atoms with van der Waals surface area (Å²) in [5.74, 6) is 0. The molecule has 0 aliphatic heterocycles. The maximum absolute atomic E-state index is 3.96. The molecule has 0 saturated heterocycles. The molecule has 0 fully saturated rings. The average Bonchev–Trinajstić information content (AvgIpc) is 2.66. The molecule has 0 aliphatic carbocycles. The summed E-state index contributed by atoms with van der Waals surface area (Å²) in [4.78, 5) is 0. The Morgan fingerprint density at radius 1 is 1.40 bits per heavy atom. The van der Waals surface area contributed by atoms with E-state index in [1.54, 1.807) is 4.52 Å². The maximum atomic E-state index is 3.96. The van der Waals surface area contributed by atoms with Gasteiger partial charge in [-0.25, -0.2) is 4.52 Å². The molecule has 5 heteroatoms. The number of pyridine rings is 1. The number of hydrogen-bond acceptors (Lipinski definition) is 3. The summed E-state index contributed by atoms with van der Waals surface area (Å²) < 4.78 is 1.67. The maximum Gasteiger partial charge on any atom is 0.104 e. The summed E-state index contributed by atoms with van der Waals surface area (Å²) >= 11 is 0. The van der Waals surface area contributed by atoms with Gasteiger partial charge in [0.15, 0.2) is 0 Å². The molecule has 4 nitrogen and oxygen atoms in total. The quantitative estimate of drug-likeness (QED) is 0.558.